The highest BCUT2D eigenvalue weighted by Gasteiger charge is 2.06. The summed E-state index contributed by atoms with van der Waals surface area (Å²) in [7, 11) is 0. The summed E-state index contributed by atoms with van der Waals surface area (Å²) in [6.07, 6.45) is 3.38. The molecule has 118 valence electrons. The maximum atomic E-state index is 12.4. The number of hydrogen-bond donors (Lipinski definition) is 2. The van der Waals surface area contributed by atoms with Crippen molar-refractivity contribution in [2.45, 2.75) is 6.54 Å². The summed E-state index contributed by atoms with van der Waals surface area (Å²) in [6, 6.07) is 17.5. The lowest BCUT2D eigenvalue weighted by Gasteiger charge is -2.08. The topological polar surface area (TPSA) is 75.6 Å². The zero-order valence-electron chi connectivity index (χ0n) is 12.8. The quantitative estimate of drug-likeness (QED) is 0.607. The number of nitrogens with one attached hydrogen (secondary N) is 2. The molecule has 0 fully saturated rings. The second kappa shape index (κ2) is 6.00. The Kier molecular flexibility index (Phi) is 3.55. The van der Waals surface area contributed by atoms with Crippen LogP contribution in [0, 0.1) is 0 Å². The summed E-state index contributed by atoms with van der Waals surface area (Å²) in [5.41, 5.74) is 2.51. The number of aromatic amines is 1. The molecule has 6 heteroatoms. The van der Waals surface area contributed by atoms with Crippen molar-refractivity contribution in [1.29, 1.82) is 0 Å². The van der Waals surface area contributed by atoms with E-state index >= 15 is 0 Å². The number of H-pyrrole nitrogens is 1. The van der Waals surface area contributed by atoms with Gasteiger partial charge in [-0.1, -0.05) is 30.3 Å². The number of nitrogens with zero attached hydrogens (tertiary/aromatic N) is 3. The van der Waals surface area contributed by atoms with E-state index in [1.165, 1.54) is 10.2 Å². The summed E-state index contributed by atoms with van der Waals surface area (Å²) in [6.45, 7) is 0.697. The molecule has 2 aromatic heterocycles. The molecule has 0 saturated heterocycles. The molecule has 2 aromatic carbocycles. The molecule has 4 aromatic rings. The van der Waals surface area contributed by atoms with Crippen molar-refractivity contribution in [1.82, 2.24) is 19.7 Å². The fourth-order valence-electron chi connectivity index (χ4n) is 2.54. The SMILES string of the molecule is O=c1[nH]c(-n2cccn2)nc2ccc(NCc3ccccc3)cc12. The van der Waals surface area contributed by atoms with E-state index in [9.17, 15) is 4.79 Å². The van der Waals surface area contributed by atoms with Gasteiger partial charge in [0.15, 0.2) is 0 Å². The van der Waals surface area contributed by atoms with Crippen molar-refractivity contribution in [3.63, 3.8) is 0 Å². The van der Waals surface area contributed by atoms with Gasteiger partial charge >= 0.3 is 0 Å². The molecule has 0 bridgehead atoms. The second-order valence-electron chi connectivity index (χ2n) is 5.41. The number of benzene rings is 2. The van der Waals surface area contributed by atoms with Crippen molar-refractivity contribution >= 4 is 16.6 Å². The molecular weight excluding hydrogens is 302 g/mol. The van der Waals surface area contributed by atoms with Crippen LogP contribution in [0.2, 0.25) is 0 Å². The fraction of sp³-hybridized carbons (Fsp3) is 0.0556. The summed E-state index contributed by atoms with van der Waals surface area (Å²) < 4.78 is 1.53. The normalized spacial score (nSPS) is 10.8. The van der Waals surface area contributed by atoms with Crippen molar-refractivity contribution in [3.8, 4) is 5.95 Å². The van der Waals surface area contributed by atoms with E-state index in [-0.39, 0.29) is 5.56 Å². The third kappa shape index (κ3) is 2.77. The van der Waals surface area contributed by atoms with E-state index in [0.717, 1.165) is 5.69 Å². The van der Waals surface area contributed by atoms with Crippen LogP contribution in [-0.4, -0.2) is 19.7 Å². The Bertz CT molecular complexity index is 1020. The van der Waals surface area contributed by atoms with Crippen LogP contribution < -0.4 is 10.9 Å². The molecule has 0 atom stereocenters. The maximum Gasteiger partial charge on any atom is 0.260 e. The van der Waals surface area contributed by atoms with E-state index in [0.29, 0.717) is 23.4 Å². The molecule has 4 rings (SSSR count). The highest BCUT2D eigenvalue weighted by Crippen LogP contribution is 2.16. The summed E-state index contributed by atoms with van der Waals surface area (Å²) in [5, 5.41) is 7.96. The van der Waals surface area contributed by atoms with Crippen molar-refractivity contribution in [2.24, 2.45) is 0 Å². The fourth-order valence-corrected chi connectivity index (χ4v) is 2.54. The molecule has 6 nitrogen and oxygen atoms in total. The van der Waals surface area contributed by atoms with E-state index in [2.05, 4.69) is 32.5 Å². The highest BCUT2D eigenvalue weighted by atomic mass is 16.1. The van der Waals surface area contributed by atoms with E-state index in [1.807, 2.05) is 36.4 Å². The average Bonchev–Trinajstić information content (AvgIpc) is 3.16. The molecule has 0 spiro atoms. The van der Waals surface area contributed by atoms with Crippen LogP contribution in [0.4, 0.5) is 5.69 Å². The van der Waals surface area contributed by atoms with Crippen LogP contribution in [0.15, 0.2) is 71.8 Å². The van der Waals surface area contributed by atoms with Crippen LogP contribution in [0.1, 0.15) is 5.56 Å². The smallest absolute Gasteiger partial charge is 0.260 e. The van der Waals surface area contributed by atoms with Crippen molar-refractivity contribution in [2.75, 3.05) is 5.32 Å². The number of hydrogen-bond acceptors (Lipinski definition) is 4. The molecule has 0 radical (unpaired) electrons. The largest absolute Gasteiger partial charge is 0.381 e. The molecule has 0 unspecified atom stereocenters. The van der Waals surface area contributed by atoms with Crippen LogP contribution in [0.3, 0.4) is 0 Å². The van der Waals surface area contributed by atoms with Crippen LogP contribution in [-0.2, 0) is 6.54 Å². The molecular formula is C18H15N5O. The van der Waals surface area contributed by atoms with E-state index < -0.39 is 0 Å². The first-order valence-electron chi connectivity index (χ1n) is 7.61. The Labute approximate surface area is 137 Å². The predicted octanol–water partition coefficient (Wildman–Crippen LogP) is 2.72. The van der Waals surface area contributed by atoms with Gasteiger partial charge in [0.25, 0.3) is 5.56 Å². The first-order chi connectivity index (χ1) is 11.8. The lowest BCUT2D eigenvalue weighted by Crippen LogP contribution is -2.14. The molecule has 24 heavy (non-hydrogen) atoms. The molecule has 0 aliphatic heterocycles. The first kappa shape index (κ1) is 14.2. The molecule has 0 aliphatic rings. The minimum Gasteiger partial charge on any atom is -0.381 e. The van der Waals surface area contributed by atoms with Crippen LogP contribution in [0.5, 0.6) is 0 Å². The number of fused-ring (bicyclic) bond motifs is 1. The van der Waals surface area contributed by atoms with Gasteiger partial charge in [-0.3, -0.25) is 9.78 Å². The highest BCUT2D eigenvalue weighted by molar-refractivity contribution is 5.81. The van der Waals surface area contributed by atoms with Gasteiger partial charge < -0.3 is 5.32 Å². The zero-order valence-corrected chi connectivity index (χ0v) is 12.8. The molecule has 0 amide bonds. The first-order valence-corrected chi connectivity index (χ1v) is 7.61. The van der Waals surface area contributed by atoms with Gasteiger partial charge in [-0.15, -0.1) is 0 Å². The molecule has 0 saturated carbocycles. The van der Waals surface area contributed by atoms with Crippen LogP contribution in [0.25, 0.3) is 16.9 Å². The second-order valence-corrected chi connectivity index (χ2v) is 5.41. The van der Waals surface area contributed by atoms with Gasteiger partial charge in [0.05, 0.1) is 10.9 Å². The van der Waals surface area contributed by atoms with E-state index in [1.54, 1.807) is 18.5 Å². The van der Waals surface area contributed by atoms with Crippen molar-refractivity contribution in [3.05, 3.63) is 82.9 Å². The van der Waals surface area contributed by atoms with Crippen LogP contribution >= 0.6 is 0 Å². The minimum absolute atomic E-state index is 0.186. The number of anilines is 1. The Morgan fingerprint density at radius 2 is 1.96 bits per heavy atom. The van der Waals surface area contributed by atoms with Gasteiger partial charge in [-0.05, 0) is 29.8 Å². The minimum atomic E-state index is -0.186. The maximum absolute atomic E-state index is 12.4. The Morgan fingerprint density at radius 3 is 2.75 bits per heavy atom. The monoisotopic (exact) mass is 317 g/mol. The average molecular weight is 317 g/mol. The zero-order chi connectivity index (χ0) is 16.4. The van der Waals surface area contributed by atoms with Gasteiger partial charge in [0, 0.05) is 24.6 Å². The molecule has 2 N–H and O–H groups in total. The summed E-state index contributed by atoms with van der Waals surface area (Å²) >= 11 is 0. The predicted molar refractivity (Wildman–Crippen MR) is 93.3 cm³/mol. The lowest BCUT2D eigenvalue weighted by atomic mass is 10.2. The van der Waals surface area contributed by atoms with Crippen molar-refractivity contribution < 1.29 is 0 Å². The third-order valence-electron chi connectivity index (χ3n) is 3.75. The van der Waals surface area contributed by atoms with Gasteiger partial charge in [-0.25, -0.2) is 9.67 Å². The Hall–Kier alpha value is -3.41. The number of rotatable bonds is 4. The Morgan fingerprint density at radius 1 is 1.08 bits per heavy atom. The van der Waals surface area contributed by atoms with Gasteiger partial charge in [0.1, 0.15) is 0 Å². The van der Waals surface area contributed by atoms with Gasteiger partial charge in [0.2, 0.25) is 5.95 Å². The van der Waals surface area contributed by atoms with Gasteiger partial charge in [-0.2, -0.15) is 5.10 Å². The summed E-state index contributed by atoms with van der Waals surface area (Å²) in [5.74, 6) is 0.405. The Balaban J connectivity index is 1.65. The number of aromatic nitrogens is 4. The third-order valence-corrected chi connectivity index (χ3v) is 3.75. The van der Waals surface area contributed by atoms with E-state index in [4.69, 9.17) is 0 Å². The summed E-state index contributed by atoms with van der Waals surface area (Å²) in [4.78, 5) is 19.6. The molecule has 0 aliphatic carbocycles. The molecule has 2 heterocycles. The lowest BCUT2D eigenvalue weighted by molar-refractivity contribution is 0.810. The standard InChI is InChI=1S/C18H15N5O/c24-17-15-11-14(19-12-13-5-2-1-3-6-13)7-8-16(15)21-18(22-17)23-10-4-9-20-23/h1-11,19H,12H2,(H,21,22,24).